The van der Waals surface area contributed by atoms with Gasteiger partial charge in [-0.3, -0.25) is 4.79 Å². The zero-order chi connectivity index (χ0) is 19.0. The van der Waals surface area contributed by atoms with E-state index in [2.05, 4.69) is 10.3 Å². The van der Waals surface area contributed by atoms with Gasteiger partial charge in [-0.25, -0.2) is 9.37 Å². The number of halogens is 1. The van der Waals surface area contributed by atoms with Gasteiger partial charge in [0.15, 0.2) is 0 Å². The highest BCUT2D eigenvalue weighted by Gasteiger charge is 2.13. The van der Waals surface area contributed by atoms with Crippen molar-refractivity contribution < 1.29 is 19.4 Å². The lowest BCUT2D eigenvalue weighted by Crippen LogP contribution is -2.11. The Labute approximate surface area is 157 Å². The highest BCUT2D eigenvalue weighted by atomic mass is 32.1. The fourth-order valence-electron chi connectivity index (χ4n) is 2.62. The number of thiazole rings is 1. The normalized spacial score (nSPS) is 10.9. The van der Waals surface area contributed by atoms with Crippen molar-refractivity contribution in [1.82, 2.24) is 4.98 Å². The van der Waals surface area contributed by atoms with Gasteiger partial charge in [0.05, 0.1) is 15.8 Å². The average molecular weight is 380 g/mol. The first-order chi connectivity index (χ1) is 13.0. The second kappa shape index (κ2) is 6.69. The molecular formula is C20H13FN2O3S. The molecule has 1 aromatic heterocycles. The van der Waals surface area contributed by atoms with Gasteiger partial charge in [0, 0.05) is 17.3 Å². The van der Waals surface area contributed by atoms with Crippen molar-refractivity contribution >= 4 is 33.1 Å². The largest absolute Gasteiger partial charge is 0.508 e. The van der Waals surface area contributed by atoms with Crippen LogP contribution in [0.25, 0.3) is 20.8 Å². The first-order valence-electron chi connectivity index (χ1n) is 7.99. The first kappa shape index (κ1) is 17.0. The summed E-state index contributed by atoms with van der Waals surface area (Å²) in [5, 5.41) is 23.2. The second-order valence-corrected chi connectivity index (χ2v) is 6.89. The number of phenols is 2. The van der Waals surface area contributed by atoms with E-state index in [0.29, 0.717) is 21.8 Å². The topological polar surface area (TPSA) is 82.5 Å². The van der Waals surface area contributed by atoms with E-state index in [1.165, 1.54) is 41.7 Å². The number of hydrogen-bond donors (Lipinski definition) is 3. The van der Waals surface area contributed by atoms with E-state index in [1.54, 1.807) is 30.3 Å². The molecule has 4 rings (SSSR count). The Morgan fingerprint density at radius 1 is 1.00 bits per heavy atom. The van der Waals surface area contributed by atoms with Gasteiger partial charge in [0.2, 0.25) is 0 Å². The van der Waals surface area contributed by atoms with Crippen LogP contribution in [-0.4, -0.2) is 21.1 Å². The number of carbonyl (C=O) groups excluding carboxylic acids is 1. The smallest absolute Gasteiger partial charge is 0.255 e. The summed E-state index contributed by atoms with van der Waals surface area (Å²) in [6, 6.07) is 14.8. The minimum absolute atomic E-state index is 0.0322. The number of nitrogens with one attached hydrogen (secondary N) is 1. The molecule has 5 nitrogen and oxygen atoms in total. The Balaban J connectivity index is 1.60. The van der Waals surface area contributed by atoms with Crippen molar-refractivity contribution in [2.75, 3.05) is 5.32 Å². The number of amides is 1. The third kappa shape index (κ3) is 3.45. The monoisotopic (exact) mass is 380 g/mol. The molecular weight excluding hydrogens is 367 g/mol. The molecule has 4 aromatic rings. The Morgan fingerprint density at radius 3 is 2.52 bits per heavy atom. The maximum atomic E-state index is 13.0. The van der Waals surface area contributed by atoms with Gasteiger partial charge in [-0.15, -0.1) is 11.3 Å². The van der Waals surface area contributed by atoms with Crippen LogP contribution in [0.2, 0.25) is 0 Å². The van der Waals surface area contributed by atoms with Crippen molar-refractivity contribution in [3.63, 3.8) is 0 Å². The summed E-state index contributed by atoms with van der Waals surface area (Å²) in [5.41, 5.74) is 1.96. The van der Waals surface area contributed by atoms with Gasteiger partial charge in [-0.05, 0) is 54.6 Å². The zero-order valence-electron chi connectivity index (χ0n) is 13.8. The highest BCUT2D eigenvalue weighted by molar-refractivity contribution is 7.21. The number of rotatable bonds is 3. The van der Waals surface area contributed by atoms with Gasteiger partial charge in [0.1, 0.15) is 22.3 Å². The third-order valence-electron chi connectivity index (χ3n) is 3.96. The van der Waals surface area contributed by atoms with E-state index >= 15 is 0 Å². The molecule has 3 aromatic carbocycles. The maximum Gasteiger partial charge on any atom is 0.255 e. The van der Waals surface area contributed by atoms with Crippen LogP contribution in [0.1, 0.15) is 10.4 Å². The molecule has 27 heavy (non-hydrogen) atoms. The molecule has 7 heteroatoms. The van der Waals surface area contributed by atoms with E-state index in [1.807, 2.05) is 0 Å². The van der Waals surface area contributed by atoms with E-state index in [-0.39, 0.29) is 11.5 Å². The summed E-state index contributed by atoms with van der Waals surface area (Å²) in [4.78, 5) is 16.6. The molecule has 3 N–H and O–H groups in total. The van der Waals surface area contributed by atoms with Crippen molar-refractivity contribution in [3.8, 4) is 22.1 Å². The average Bonchev–Trinajstić information content (AvgIpc) is 3.05. The number of aromatic nitrogens is 1. The predicted octanol–water partition coefficient (Wildman–Crippen LogP) is 4.77. The summed E-state index contributed by atoms with van der Waals surface area (Å²) in [7, 11) is 0. The van der Waals surface area contributed by atoms with Gasteiger partial charge in [0.25, 0.3) is 5.91 Å². The number of hydrogen-bond acceptors (Lipinski definition) is 5. The Bertz CT molecular complexity index is 1160. The van der Waals surface area contributed by atoms with Crippen molar-refractivity contribution in [1.29, 1.82) is 0 Å². The number of anilines is 1. The zero-order valence-corrected chi connectivity index (χ0v) is 14.6. The van der Waals surface area contributed by atoms with Crippen LogP contribution in [-0.2, 0) is 0 Å². The Morgan fingerprint density at radius 2 is 1.78 bits per heavy atom. The first-order valence-corrected chi connectivity index (χ1v) is 8.81. The van der Waals surface area contributed by atoms with Crippen molar-refractivity contribution in [2.45, 2.75) is 0 Å². The van der Waals surface area contributed by atoms with Crippen molar-refractivity contribution in [3.05, 3.63) is 72.0 Å². The molecule has 1 amide bonds. The molecule has 0 aliphatic rings. The van der Waals surface area contributed by atoms with E-state index in [9.17, 15) is 19.4 Å². The number of nitrogens with zero attached hydrogens (tertiary/aromatic N) is 1. The fourth-order valence-corrected chi connectivity index (χ4v) is 3.66. The number of carbonyl (C=O) groups is 1. The number of fused-ring (bicyclic) bond motifs is 1. The summed E-state index contributed by atoms with van der Waals surface area (Å²) in [6.07, 6.45) is 0. The Kier molecular flexibility index (Phi) is 4.21. The fraction of sp³-hybridized carbons (Fsp3) is 0. The van der Waals surface area contributed by atoms with E-state index in [4.69, 9.17) is 0 Å². The molecule has 0 saturated heterocycles. The molecule has 134 valence electrons. The molecule has 0 spiro atoms. The van der Waals surface area contributed by atoms with Gasteiger partial charge >= 0.3 is 0 Å². The standard InChI is InChI=1S/C20H13FN2O3S/c21-12-3-1-11(2-4-12)19(26)22-13-5-7-15(17(25)9-13)20-23-16-8-6-14(24)10-18(16)27-20/h1-10,24-25H,(H,22,26). The molecule has 0 fully saturated rings. The predicted molar refractivity (Wildman–Crippen MR) is 103 cm³/mol. The quantitative estimate of drug-likeness (QED) is 0.478. The summed E-state index contributed by atoms with van der Waals surface area (Å²) in [6.45, 7) is 0. The Hall–Kier alpha value is -3.45. The third-order valence-corrected chi connectivity index (χ3v) is 5.02. The van der Waals surface area contributed by atoms with Crippen LogP contribution in [0, 0.1) is 5.82 Å². The van der Waals surface area contributed by atoms with E-state index in [0.717, 1.165) is 10.2 Å². The van der Waals surface area contributed by atoms with Crippen LogP contribution < -0.4 is 5.32 Å². The molecule has 0 unspecified atom stereocenters. The number of benzene rings is 3. The van der Waals surface area contributed by atoms with Crippen LogP contribution in [0.3, 0.4) is 0 Å². The number of phenolic OH excluding ortho intramolecular Hbond substituents is 2. The highest BCUT2D eigenvalue weighted by Crippen LogP contribution is 2.37. The van der Waals surface area contributed by atoms with E-state index < -0.39 is 11.7 Å². The molecule has 0 saturated carbocycles. The molecule has 0 bridgehead atoms. The summed E-state index contributed by atoms with van der Waals surface area (Å²) >= 11 is 1.34. The van der Waals surface area contributed by atoms with Crippen LogP contribution in [0.5, 0.6) is 11.5 Å². The maximum absolute atomic E-state index is 13.0. The summed E-state index contributed by atoms with van der Waals surface area (Å²) < 4.78 is 13.8. The summed E-state index contributed by atoms with van der Waals surface area (Å²) in [5.74, 6) is -0.703. The van der Waals surface area contributed by atoms with Crippen molar-refractivity contribution in [2.24, 2.45) is 0 Å². The molecule has 0 atom stereocenters. The number of aromatic hydroxyl groups is 2. The van der Waals surface area contributed by atoms with Crippen LogP contribution in [0.4, 0.5) is 10.1 Å². The molecule has 0 aliphatic heterocycles. The molecule has 1 heterocycles. The second-order valence-electron chi connectivity index (χ2n) is 5.86. The lowest BCUT2D eigenvalue weighted by atomic mass is 10.1. The minimum Gasteiger partial charge on any atom is -0.508 e. The SMILES string of the molecule is O=C(Nc1ccc(-c2nc3ccc(O)cc3s2)c(O)c1)c1ccc(F)cc1. The van der Waals surface area contributed by atoms with Crippen LogP contribution in [0.15, 0.2) is 60.7 Å². The molecule has 0 radical (unpaired) electrons. The van der Waals surface area contributed by atoms with Gasteiger partial charge < -0.3 is 15.5 Å². The molecule has 0 aliphatic carbocycles. The lowest BCUT2D eigenvalue weighted by Gasteiger charge is -2.08. The van der Waals surface area contributed by atoms with Crippen LogP contribution >= 0.6 is 11.3 Å². The van der Waals surface area contributed by atoms with Gasteiger partial charge in [-0.2, -0.15) is 0 Å². The minimum atomic E-state index is -0.419. The van der Waals surface area contributed by atoms with Gasteiger partial charge in [-0.1, -0.05) is 0 Å². The lowest BCUT2D eigenvalue weighted by molar-refractivity contribution is 0.102.